The average Bonchev–Trinajstić information content (AvgIpc) is 3.03. The zero-order chi connectivity index (χ0) is 16.2. The third kappa shape index (κ3) is 3.19. The van der Waals surface area contributed by atoms with Gasteiger partial charge in [-0.25, -0.2) is 4.52 Å². The van der Waals surface area contributed by atoms with Gasteiger partial charge < -0.3 is 15.4 Å². The van der Waals surface area contributed by atoms with Crippen LogP contribution in [0, 0.1) is 0 Å². The van der Waals surface area contributed by atoms with E-state index in [9.17, 15) is 0 Å². The summed E-state index contributed by atoms with van der Waals surface area (Å²) in [4.78, 5) is 4.64. The standard InChI is InChI=1S/C18H21N5O/c1-4-14-12-15(5-1)20-9-2-7-19-8-3-11-24-17-6-10-23-18(22-17)16(14)13-21-23/h1,4-6,10,12-13,19-20H,2-3,7-9,11H2. The first-order valence-electron chi connectivity index (χ1n) is 8.42. The molecule has 2 N–H and O–H groups in total. The monoisotopic (exact) mass is 323 g/mol. The Balaban J connectivity index is 1.73. The topological polar surface area (TPSA) is 63.5 Å². The summed E-state index contributed by atoms with van der Waals surface area (Å²) in [6, 6.07) is 10.2. The van der Waals surface area contributed by atoms with Gasteiger partial charge in [0, 0.05) is 30.1 Å². The van der Waals surface area contributed by atoms with Crippen LogP contribution >= 0.6 is 0 Å². The molecule has 124 valence electrons. The van der Waals surface area contributed by atoms with E-state index in [1.54, 1.807) is 4.52 Å². The highest BCUT2D eigenvalue weighted by atomic mass is 16.5. The SMILES string of the molecule is c1cc2cc(c1)-c1cnn3ccc(nc13)OCCCNCCCN2. The molecule has 3 aromatic rings. The maximum Gasteiger partial charge on any atom is 0.216 e. The van der Waals surface area contributed by atoms with Gasteiger partial charge in [0.15, 0.2) is 5.65 Å². The second-order valence-electron chi connectivity index (χ2n) is 5.91. The lowest BCUT2D eigenvalue weighted by atomic mass is 10.1. The summed E-state index contributed by atoms with van der Waals surface area (Å²) in [5.74, 6) is 0.644. The molecule has 3 heterocycles. The number of ether oxygens (including phenoxy) is 1. The van der Waals surface area contributed by atoms with Crippen LogP contribution in [-0.4, -0.2) is 40.8 Å². The molecule has 2 aromatic heterocycles. The van der Waals surface area contributed by atoms with Gasteiger partial charge in [-0.2, -0.15) is 10.1 Å². The molecule has 0 aliphatic carbocycles. The summed E-state index contributed by atoms with van der Waals surface area (Å²) in [6.07, 6.45) is 5.80. The van der Waals surface area contributed by atoms with Crippen molar-refractivity contribution in [3.63, 3.8) is 0 Å². The first-order chi connectivity index (χ1) is 11.9. The molecular formula is C18H21N5O. The van der Waals surface area contributed by atoms with Crippen molar-refractivity contribution in [1.29, 1.82) is 0 Å². The second kappa shape index (κ2) is 6.88. The Labute approximate surface area is 140 Å². The molecule has 0 saturated carbocycles. The van der Waals surface area contributed by atoms with Crippen LogP contribution in [0.1, 0.15) is 12.8 Å². The van der Waals surface area contributed by atoms with E-state index < -0.39 is 0 Å². The van der Waals surface area contributed by atoms with E-state index in [1.807, 2.05) is 18.5 Å². The number of anilines is 1. The van der Waals surface area contributed by atoms with Gasteiger partial charge in [-0.15, -0.1) is 0 Å². The number of benzene rings is 1. The van der Waals surface area contributed by atoms with Crippen molar-refractivity contribution in [2.75, 3.05) is 31.6 Å². The van der Waals surface area contributed by atoms with Gasteiger partial charge in [-0.1, -0.05) is 12.1 Å². The predicted molar refractivity (Wildman–Crippen MR) is 94.5 cm³/mol. The summed E-state index contributed by atoms with van der Waals surface area (Å²) in [6.45, 7) is 3.57. The quantitative estimate of drug-likeness (QED) is 0.666. The largest absolute Gasteiger partial charge is 0.478 e. The molecule has 24 heavy (non-hydrogen) atoms. The van der Waals surface area contributed by atoms with Crippen molar-refractivity contribution in [3.05, 3.63) is 42.7 Å². The Bertz CT molecular complexity index is 829. The number of hydrogen-bond acceptors (Lipinski definition) is 5. The van der Waals surface area contributed by atoms with Gasteiger partial charge in [-0.3, -0.25) is 0 Å². The lowest BCUT2D eigenvalue weighted by Crippen LogP contribution is -2.21. The molecule has 1 aliphatic heterocycles. The molecule has 1 aromatic carbocycles. The van der Waals surface area contributed by atoms with Gasteiger partial charge in [0.1, 0.15) is 0 Å². The molecule has 6 heteroatoms. The number of hydrogen-bond donors (Lipinski definition) is 2. The lowest BCUT2D eigenvalue weighted by Gasteiger charge is -2.10. The number of nitrogens with zero attached hydrogens (tertiary/aromatic N) is 3. The van der Waals surface area contributed by atoms with E-state index in [-0.39, 0.29) is 0 Å². The van der Waals surface area contributed by atoms with Crippen molar-refractivity contribution >= 4 is 11.3 Å². The fourth-order valence-corrected chi connectivity index (χ4v) is 2.88. The first-order valence-corrected chi connectivity index (χ1v) is 8.42. The molecule has 0 radical (unpaired) electrons. The Kier molecular flexibility index (Phi) is 4.29. The van der Waals surface area contributed by atoms with Crippen molar-refractivity contribution in [2.45, 2.75) is 12.8 Å². The molecule has 6 nitrogen and oxygen atoms in total. The molecule has 0 saturated heterocycles. The lowest BCUT2D eigenvalue weighted by molar-refractivity contribution is 0.297. The van der Waals surface area contributed by atoms with Gasteiger partial charge in [0.05, 0.1) is 12.8 Å². The molecule has 0 fully saturated rings. The summed E-state index contributed by atoms with van der Waals surface area (Å²) in [7, 11) is 0. The molecule has 0 unspecified atom stereocenters. The third-order valence-electron chi connectivity index (χ3n) is 4.12. The molecule has 0 amide bonds. The van der Waals surface area contributed by atoms with Crippen molar-refractivity contribution < 1.29 is 4.74 Å². The highest BCUT2D eigenvalue weighted by molar-refractivity contribution is 5.79. The maximum atomic E-state index is 5.79. The van der Waals surface area contributed by atoms with Crippen molar-refractivity contribution in [2.24, 2.45) is 0 Å². The van der Waals surface area contributed by atoms with E-state index in [1.165, 1.54) is 0 Å². The Morgan fingerprint density at radius 3 is 3.04 bits per heavy atom. The molecular weight excluding hydrogens is 302 g/mol. The highest BCUT2D eigenvalue weighted by Crippen LogP contribution is 2.26. The van der Waals surface area contributed by atoms with E-state index in [4.69, 9.17) is 4.74 Å². The van der Waals surface area contributed by atoms with Gasteiger partial charge in [0.2, 0.25) is 5.88 Å². The van der Waals surface area contributed by atoms with Crippen LogP contribution in [0.3, 0.4) is 0 Å². The minimum absolute atomic E-state index is 0.644. The van der Waals surface area contributed by atoms with Gasteiger partial charge in [0.25, 0.3) is 0 Å². The summed E-state index contributed by atoms with van der Waals surface area (Å²) in [5, 5.41) is 11.3. The highest BCUT2D eigenvalue weighted by Gasteiger charge is 2.10. The van der Waals surface area contributed by atoms with E-state index in [2.05, 4.69) is 45.0 Å². The normalized spacial score (nSPS) is 15.8. The minimum Gasteiger partial charge on any atom is -0.478 e. The minimum atomic E-state index is 0.644. The summed E-state index contributed by atoms with van der Waals surface area (Å²) < 4.78 is 7.57. The van der Waals surface area contributed by atoms with Gasteiger partial charge >= 0.3 is 0 Å². The number of fused-ring (bicyclic) bond motifs is 4. The fourth-order valence-electron chi connectivity index (χ4n) is 2.88. The number of rotatable bonds is 0. The zero-order valence-corrected chi connectivity index (χ0v) is 13.5. The molecule has 0 spiro atoms. The van der Waals surface area contributed by atoms with E-state index in [0.717, 1.165) is 54.9 Å². The van der Waals surface area contributed by atoms with Crippen LogP contribution in [0.2, 0.25) is 0 Å². The number of aromatic nitrogens is 3. The van der Waals surface area contributed by atoms with Crippen LogP contribution in [0.4, 0.5) is 5.69 Å². The Hall–Kier alpha value is -2.60. The third-order valence-corrected chi connectivity index (χ3v) is 4.12. The number of nitrogens with one attached hydrogen (secondary N) is 2. The van der Waals surface area contributed by atoms with E-state index >= 15 is 0 Å². The second-order valence-corrected chi connectivity index (χ2v) is 5.91. The Morgan fingerprint density at radius 2 is 2.04 bits per heavy atom. The fraction of sp³-hybridized carbons (Fsp3) is 0.333. The maximum absolute atomic E-state index is 5.79. The van der Waals surface area contributed by atoms with E-state index in [0.29, 0.717) is 12.5 Å². The first kappa shape index (κ1) is 15.0. The summed E-state index contributed by atoms with van der Waals surface area (Å²) >= 11 is 0. The van der Waals surface area contributed by atoms with Gasteiger partial charge in [-0.05, 0) is 43.6 Å². The van der Waals surface area contributed by atoms with Crippen LogP contribution in [0.15, 0.2) is 42.7 Å². The molecule has 4 rings (SSSR count). The average molecular weight is 323 g/mol. The van der Waals surface area contributed by atoms with Crippen LogP contribution < -0.4 is 15.4 Å². The molecule has 0 atom stereocenters. The zero-order valence-electron chi connectivity index (χ0n) is 13.5. The summed E-state index contributed by atoms with van der Waals surface area (Å²) in [5.41, 5.74) is 4.05. The Morgan fingerprint density at radius 1 is 1.08 bits per heavy atom. The molecule has 1 aliphatic rings. The smallest absolute Gasteiger partial charge is 0.216 e. The van der Waals surface area contributed by atoms with Crippen LogP contribution in [-0.2, 0) is 0 Å². The van der Waals surface area contributed by atoms with Crippen molar-refractivity contribution in [1.82, 2.24) is 19.9 Å². The van der Waals surface area contributed by atoms with Crippen molar-refractivity contribution in [3.8, 4) is 17.0 Å². The van der Waals surface area contributed by atoms with Crippen LogP contribution in [0.5, 0.6) is 5.88 Å². The predicted octanol–water partition coefficient (Wildman–Crippen LogP) is 2.57. The molecule has 4 bridgehead atoms. The van der Waals surface area contributed by atoms with Crippen LogP contribution in [0.25, 0.3) is 16.8 Å².